The van der Waals surface area contributed by atoms with Crippen LogP contribution in [0.2, 0.25) is 0 Å². The van der Waals surface area contributed by atoms with Crippen LogP contribution in [0.4, 0.5) is 0 Å². The van der Waals surface area contributed by atoms with E-state index < -0.39 is 0 Å². The summed E-state index contributed by atoms with van der Waals surface area (Å²) in [5.41, 5.74) is 9.83. The molecule has 0 saturated carbocycles. The van der Waals surface area contributed by atoms with Crippen LogP contribution in [-0.2, 0) is 6.54 Å². The van der Waals surface area contributed by atoms with Crippen molar-refractivity contribution < 1.29 is 4.74 Å². The lowest BCUT2D eigenvalue weighted by Crippen LogP contribution is -2.12. The first-order valence-corrected chi connectivity index (χ1v) is 6.01. The number of aromatic nitrogens is 2. The molecule has 1 heterocycles. The van der Waals surface area contributed by atoms with Crippen molar-refractivity contribution in [3.63, 3.8) is 0 Å². The van der Waals surface area contributed by atoms with Crippen LogP contribution in [0.5, 0.6) is 5.75 Å². The standard InChI is InChI=1S/C14H17N3O2/c1-8-4-10(5-9(2)14(8)19-3)13-11(7-15)6-12(18)16-17-13/h4-6H,7,15H2,1-3H3,(H,16,18). The Labute approximate surface area is 111 Å². The van der Waals surface area contributed by atoms with E-state index in [0.29, 0.717) is 5.69 Å². The van der Waals surface area contributed by atoms with Crippen molar-refractivity contribution in [1.29, 1.82) is 0 Å². The van der Waals surface area contributed by atoms with E-state index in [4.69, 9.17) is 10.5 Å². The van der Waals surface area contributed by atoms with E-state index in [9.17, 15) is 4.79 Å². The number of nitrogens with two attached hydrogens (primary N) is 1. The van der Waals surface area contributed by atoms with Crippen molar-refractivity contribution >= 4 is 0 Å². The average Bonchev–Trinajstić information content (AvgIpc) is 2.38. The molecule has 0 saturated heterocycles. The van der Waals surface area contributed by atoms with E-state index in [1.165, 1.54) is 6.07 Å². The number of H-pyrrole nitrogens is 1. The zero-order chi connectivity index (χ0) is 14.0. The summed E-state index contributed by atoms with van der Waals surface area (Å²) in [6, 6.07) is 5.44. The van der Waals surface area contributed by atoms with Crippen LogP contribution in [0, 0.1) is 13.8 Å². The quantitative estimate of drug-likeness (QED) is 0.875. The molecule has 2 rings (SSSR count). The molecule has 0 radical (unpaired) electrons. The first-order chi connectivity index (χ1) is 9.06. The fourth-order valence-corrected chi connectivity index (χ4v) is 2.26. The first kappa shape index (κ1) is 13.3. The molecule has 0 unspecified atom stereocenters. The SMILES string of the molecule is COc1c(C)cc(-c2n[nH]c(=O)cc2CN)cc1C. The Hall–Kier alpha value is -2.14. The normalized spacial score (nSPS) is 10.5. The molecular weight excluding hydrogens is 242 g/mol. The first-order valence-electron chi connectivity index (χ1n) is 6.01. The fourth-order valence-electron chi connectivity index (χ4n) is 2.26. The van der Waals surface area contributed by atoms with E-state index in [1.807, 2.05) is 26.0 Å². The molecule has 0 aliphatic carbocycles. The highest BCUT2D eigenvalue weighted by Gasteiger charge is 2.11. The Balaban J connectivity index is 2.63. The van der Waals surface area contributed by atoms with Crippen molar-refractivity contribution in [2.24, 2.45) is 5.73 Å². The van der Waals surface area contributed by atoms with Gasteiger partial charge in [-0.1, -0.05) is 0 Å². The molecular formula is C14H17N3O2. The maximum atomic E-state index is 11.3. The van der Waals surface area contributed by atoms with Crippen LogP contribution in [0.25, 0.3) is 11.3 Å². The van der Waals surface area contributed by atoms with E-state index in [2.05, 4.69) is 10.2 Å². The van der Waals surface area contributed by atoms with Crippen LogP contribution in [0.15, 0.2) is 23.0 Å². The summed E-state index contributed by atoms with van der Waals surface area (Å²) in [6.45, 7) is 4.22. The van der Waals surface area contributed by atoms with Gasteiger partial charge in [-0.25, -0.2) is 5.10 Å². The number of hydrogen-bond acceptors (Lipinski definition) is 4. The maximum absolute atomic E-state index is 11.3. The molecule has 19 heavy (non-hydrogen) atoms. The van der Waals surface area contributed by atoms with Crippen LogP contribution in [0.3, 0.4) is 0 Å². The largest absolute Gasteiger partial charge is 0.496 e. The molecule has 2 aromatic rings. The minimum Gasteiger partial charge on any atom is -0.496 e. The summed E-state index contributed by atoms with van der Waals surface area (Å²) in [6.07, 6.45) is 0. The Bertz CT molecular complexity index is 639. The number of rotatable bonds is 3. The topological polar surface area (TPSA) is 81.0 Å². The number of nitrogens with one attached hydrogen (secondary N) is 1. The fraction of sp³-hybridized carbons (Fsp3) is 0.286. The molecule has 0 atom stereocenters. The molecule has 100 valence electrons. The molecule has 1 aromatic carbocycles. The average molecular weight is 259 g/mol. The second-order valence-corrected chi connectivity index (χ2v) is 4.45. The van der Waals surface area contributed by atoms with Crippen molar-refractivity contribution in [1.82, 2.24) is 10.2 Å². The summed E-state index contributed by atoms with van der Waals surface area (Å²) in [5, 5.41) is 6.55. The van der Waals surface area contributed by atoms with Gasteiger partial charge in [0.05, 0.1) is 12.8 Å². The van der Waals surface area contributed by atoms with E-state index in [-0.39, 0.29) is 12.1 Å². The molecule has 1 aromatic heterocycles. The highest BCUT2D eigenvalue weighted by atomic mass is 16.5. The van der Waals surface area contributed by atoms with Crippen LogP contribution in [0.1, 0.15) is 16.7 Å². The van der Waals surface area contributed by atoms with Gasteiger partial charge in [0, 0.05) is 18.2 Å². The monoisotopic (exact) mass is 259 g/mol. The van der Waals surface area contributed by atoms with Crippen molar-refractivity contribution in [3.05, 3.63) is 45.2 Å². The van der Waals surface area contributed by atoms with Gasteiger partial charge in [-0.3, -0.25) is 4.79 Å². The van der Waals surface area contributed by atoms with Crippen LogP contribution in [-0.4, -0.2) is 17.3 Å². The Morgan fingerprint density at radius 1 is 1.26 bits per heavy atom. The predicted molar refractivity (Wildman–Crippen MR) is 74.2 cm³/mol. The number of hydrogen-bond donors (Lipinski definition) is 2. The summed E-state index contributed by atoms with van der Waals surface area (Å²) < 4.78 is 5.34. The van der Waals surface area contributed by atoms with Gasteiger partial charge in [0.1, 0.15) is 5.75 Å². The lowest BCUT2D eigenvalue weighted by molar-refractivity contribution is 0.408. The summed E-state index contributed by atoms with van der Waals surface area (Å²) in [5.74, 6) is 0.863. The molecule has 0 aliphatic rings. The zero-order valence-electron chi connectivity index (χ0n) is 11.3. The lowest BCUT2D eigenvalue weighted by atomic mass is 10.0. The predicted octanol–water partition coefficient (Wildman–Crippen LogP) is 1.52. The van der Waals surface area contributed by atoms with Gasteiger partial charge < -0.3 is 10.5 Å². The zero-order valence-corrected chi connectivity index (χ0v) is 11.3. The molecule has 5 heteroatoms. The third kappa shape index (κ3) is 2.51. The van der Waals surface area contributed by atoms with Crippen molar-refractivity contribution in [2.45, 2.75) is 20.4 Å². The molecule has 0 bridgehead atoms. The summed E-state index contributed by atoms with van der Waals surface area (Å²) >= 11 is 0. The van der Waals surface area contributed by atoms with Gasteiger partial charge in [-0.2, -0.15) is 5.10 Å². The smallest absolute Gasteiger partial charge is 0.264 e. The van der Waals surface area contributed by atoms with Crippen LogP contribution >= 0.6 is 0 Å². The number of nitrogens with zero attached hydrogens (tertiary/aromatic N) is 1. The molecule has 0 fully saturated rings. The van der Waals surface area contributed by atoms with Gasteiger partial charge in [-0.15, -0.1) is 0 Å². The number of aryl methyl sites for hydroxylation is 2. The minimum atomic E-state index is -0.244. The molecule has 0 amide bonds. The second-order valence-electron chi connectivity index (χ2n) is 4.45. The second kappa shape index (κ2) is 5.24. The Kier molecular flexibility index (Phi) is 3.66. The van der Waals surface area contributed by atoms with Crippen molar-refractivity contribution in [3.8, 4) is 17.0 Å². The van der Waals surface area contributed by atoms with Crippen LogP contribution < -0.4 is 16.0 Å². The lowest BCUT2D eigenvalue weighted by Gasteiger charge is -2.12. The minimum absolute atomic E-state index is 0.244. The van der Waals surface area contributed by atoms with E-state index >= 15 is 0 Å². The highest BCUT2D eigenvalue weighted by molar-refractivity contribution is 5.66. The van der Waals surface area contributed by atoms with Gasteiger partial charge in [0.15, 0.2) is 0 Å². The number of benzene rings is 1. The van der Waals surface area contributed by atoms with Gasteiger partial charge >= 0.3 is 0 Å². The number of methoxy groups -OCH3 is 1. The summed E-state index contributed by atoms with van der Waals surface area (Å²) in [4.78, 5) is 11.3. The third-order valence-corrected chi connectivity index (χ3v) is 3.05. The van der Waals surface area contributed by atoms with Gasteiger partial charge in [0.2, 0.25) is 0 Å². The van der Waals surface area contributed by atoms with Gasteiger partial charge in [0.25, 0.3) is 5.56 Å². The molecule has 0 aliphatic heterocycles. The van der Waals surface area contributed by atoms with Crippen molar-refractivity contribution in [2.75, 3.05) is 7.11 Å². The number of ether oxygens (including phenoxy) is 1. The summed E-state index contributed by atoms with van der Waals surface area (Å²) in [7, 11) is 1.65. The third-order valence-electron chi connectivity index (χ3n) is 3.05. The molecule has 3 N–H and O–H groups in total. The molecule has 0 spiro atoms. The Morgan fingerprint density at radius 3 is 2.42 bits per heavy atom. The molecule has 5 nitrogen and oxygen atoms in total. The number of aromatic amines is 1. The van der Waals surface area contributed by atoms with Gasteiger partial charge in [-0.05, 0) is 42.7 Å². The Morgan fingerprint density at radius 2 is 1.89 bits per heavy atom. The maximum Gasteiger partial charge on any atom is 0.264 e. The van der Waals surface area contributed by atoms with E-state index in [0.717, 1.165) is 28.0 Å². The highest BCUT2D eigenvalue weighted by Crippen LogP contribution is 2.29. The van der Waals surface area contributed by atoms with E-state index in [1.54, 1.807) is 7.11 Å².